The molecule has 0 bridgehead atoms. The number of fused-ring (bicyclic) bond motifs is 1. The zero-order valence-corrected chi connectivity index (χ0v) is 15.3. The van der Waals surface area contributed by atoms with E-state index in [9.17, 15) is 19.8 Å². The Morgan fingerprint density at radius 3 is 2.75 bits per heavy atom. The summed E-state index contributed by atoms with van der Waals surface area (Å²) in [4.78, 5) is 24.7. The number of likely N-dealkylation sites (tertiary alicyclic amines) is 1. The second kappa shape index (κ2) is 7.42. The van der Waals surface area contributed by atoms with Gasteiger partial charge in [0.05, 0.1) is 6.61 Å². The molecule has 0 saturated carbocycles. The number of aromatic hydroxyl groups is 1. The highest BCUT2D eigenvalue weighted by atomic mass is 16.5. The number of benzene rings is 2. The average molecular weight is 382 g/mol. The molecule has 7 heteroatoms. The molecule has 28 heavy (non-hydrogen) atoms. The van der Waals surface area contributed by atoms with E-state index in [0.29, 0.717) is 44.0 Å². The number of carbonyl (C=O) groups is 2. The molecule has 7 nitrogen and oxygen atoms in total. The smallest absolute Gasteiger partial charge is 0.407 e. The van der Waals surface area contributed by atoms with E-state index in [4.69, 9.17) is 4.74 Å². The van der Waals surface area contributed by atoms with Crippen molar-refractivity contribution in [2.45, 2.75) is 18.9 Å². The summed E-state index contributed by atoms with van der Waals surface area (Å²) in [6, 6.07) is 12.5. The number of carbonyl (C=O) groups excluding carboxylic acids is 1. The molecule has 4 rings (SSSR count). The van der Waals surface area contributed by atoms with E-state index in [0.717, 1.165) is 11.1 Å². The number of piperidine rings is 1. The molecule has 1 saturated heterocycles. The van der Waals surface area contributed by atoms with E-state index < -0.39 is 6.09 Å². The van der Waals surface area contributed by atoms with Crippen molar-refractivity contribution in [3.63, 3.8) is 0 Å². The standard InChI is InChI=1S/C21H22N2O5/c24-16-4-1-13(2-5-16)18-7-8-23(21(26)27)11-15(18)12-28-17-6-3-14-10-22-20(25)19(14)9-17/h1-6,9,15,18,24H,7-8,10-12H2,(H,22,25)(H,26,27)/t15-,18-/m0/s1. The van der Waals surface area contributed by atoms with Crippen molar-refractivity contribution in [3.8, 4) is 11.5 Å². The Bertz CT molecular complexity index is 896. The van der Waals surface area contributed by atoms with E-state index >= 15 is 0 Å². The van der Waals surface area contributed by atoms with Crippen LogP contribution in [-0.4, -0.2) is 46.8 Å². The molecule has 2 amide bonds. The minimum Gasteiger partial charge on any atom is -0.508 e. The number of nitrogens with one attached hydrogen (secondary N) is 1. The van der Waals surface area contributed by atoms with Gasteiger partial charge in [0.25, 0.3) is 5.91 Å². The predicted octanol–water partition coefficient (Wildman–Crippen LogP) is 2.80. The molecular formula is C21H22N2O5. The molecule has 2 heterocycles. The Labute approximate surface area is 162 Å². The number of carboxylic acid groups (broad SMARTS) is 1. The fraction of sp³-hybridized carbons (Fsp3) is 0.333. The highest BCUT2D eigenvalue weighted by molar-refractivity contribution is 5.98. The normalized spacial score (nSPS) is 21.1. The third kappa shape index (κ3) is 3.60. The quantitative estimate of drug-likeness (QED) is 0.755. The van der Waals surface area contributed by atoms with Gasteiger partial charge in [0.2, 0.25) is 0 Å². The number of hydrogen-bond acceptors (Lipinski definition) is 4. The zero-order chi connectivity index (χ0) is 19.7. The van der Waals surface area contributed by atoms with Gasteiger partial charge in [0.15, 0.2) is 0 Å². The van der Waals surface area contributed by atoms with Gasteiger partial charge in [-0.2, -0.15) is 0 Å². The summed E-state index contributed by atoms with van der Waals surface area (Å²) in [6.07, 6.45) is -0.235. The van der Waals surface area contributed by atoms with Crippen LogP contribution in [0, 0.1) is 5.92 Å². The number of nitrogens with zero attached hydrogens (tertiary/aromatic N) is 1. The third-order valence-corrected chi connectivity index (χ3v) is 5.56. The average Bonchev–Trinajstić information content (AvgIpc) is 3.07. The largest absolute Gasteiger partial charge is 0.508 e. The van der Waals surface area contributed by atoms with Crippen molar-refractivity contribution in [2.24, 2.45) is 5.92 Å². The summed E-state index contributed by atoms with van der Waals surface area (Å²) in [5, 5.41) is 21.7. The number of amides is 2. The van der Waals surface area contributed by atoms with Crippen molar-refractivity contribution in [2.75, 3.05) is 19.7 Å². The first-order valence-electron chi connectivity index (χ1n) is 9.32. The third-order valence-electron chi connectivity index (χ3n) is 5.56. The molecule has 2 atom stereocenters. The summed E-state index contributed by atoms with van der Waals surface area (Å²) >= 11 is 0. The second-order valence-corrected chi connectivity index (χ2v) is 7.29. The van der Waals surface area contributed by atoms with Crippen molar-refractivity contribution in [1.29, 1.82) is 0 Å². The first kappa shape index (κ1) is 18.2. The Kier molecular flexibility index (Phi) is 4.81. The fourth-order valence-corrected chi connectivity index (χ4v) is 4.02. The van der Waals surface area contributed by atoms with Crippen LogP contribution in [0.2, 0.25) is 0 Å². The highest BCUT2D eigenvalue weighted by Crippen LogP contribution is 2.34. The maximum Gasteiger partial charge on any atom is 0.407 e. The Morgan fingerprint density at radius 2 is 2.00 bits per heavy atom. The van der Waals surface area contributed by atoms with Gasteiger partial charge >= 0.3 is 6.09 Å². The number of rotatable bonds is 4. The molecule has 0 aromatic heterocycles. The van der Waals surface area contributed by atoms with Crippen molar-refractivity contribution in [1.82, 2.24) is 10.2 Å². The Hall–Kier alpha value is -3.22. The van der Waals surface area contributed by atoms with Gasteiger partial charge in [-0.1, -0.05) is 18.2 Å². The Balaban J connectivity index is 1.51. The van der Waals surface area contributed by atoms with Crippen LogP contribution in [0.1, 0.15) is 33.8 Å². The molecule has 0 aliphatic carbocycles. The molecule has 2 aliphatic rings. The lowest BCUT2D eigenvalue weighted by molar-refractivity contribution is 0.0930. The molecule has 2 aliphatic heterocycles. The van der Waals surface area contributed by atoms with E-state index in [1.807, 2.05) is 24.3 Å². The fourth-order valence-electron chi connectivity index (χ4n) is 4.02. The van der Waals surface area contributed by atoms with Crippen molar-refractivity contribution >= 4 is 12.0 Å². The van der Waals surface area contributed by atoms with Crippen molar-refractivity contribution < 1.29 is 24.5 Å². The molecule has 0 unspecified atom stereocenters. The summed E-state index contributed by atoms with van der Waals surface area (Å²) in [5.41, 5.74) is 2.64. The number of ether oxygens (including phenoxy) is 1. The maximum atomic E-state index is 11.8. The summed E-state index contributed by atoms with van der Waals surface area (Å²) in [6.45, 7) is 1.73. The SMILES string of the molecule is O=C1NCc2ccc(OC[C@@H]3CN(C(=O)O)CC[C@H]3c3ccc(O)cc3)cc21. The summed E-state index contributed by atoms with van der Waals surface area (Å²) < 4.78 is 5.97. The highest BCUT2D eigenvalue weighted by Gasteiger charge is 2.33. The minimum atomic E-state index is -0.927. The Morgan fingerprint density at radius 1 is 1.21 bits per heavy atom. The van der Waals surface area contributed by atoms with Crippen LogP contribution < -0.4 is 10.1 Å². The summed E-state index contributed by atoms with van der Waals surface area (Å²) in [5.74, 6) is 0.811. The molecular weight excluding hydrogens is 360 g/mol. The van der Waals surface area contributed by atoms with E-state index in [1.165, 1.54) is 4.90 Å². The lowest BCUT2D eigenvalue weighted by Crippen LogP contribution is -2.44. The van der Waals surface area contributed by atoms with Crippen LogP contribution in [0.5, 0.6) is 11.5 Å². The minimum absolute atomic E-state index is 0.0310. The van der Waals surface area contributed by atoms with Gasteiger partial charge in [-0.3, -0.25) is 4.79 Å². The monoisotopic (exact) mass is 382 g/mol. The van der Waals surface area contributed by atoms with Crippen LogP contribution in [-0.2, 0) is 6.54 Å². The van der Waals surface area contributed by atoms with Crippen LogP contribution >= 0.6 is 0 Å². The molecule has 0 spiro atoms. The number of phenols is 1. The van der Waals surface area contributed by atoms with Gasteiger partial charge in [-0.25, -0.2) is 4.79 Å². The first-order valence-corrected chi connectivity index (χ1v) is 9.32. The van der Waals surface area contributed by atoms with Crippen LogP contribution in [0.25, 0.3) is 0 Å². The van der Waals surface area contributed by atoms with Crippen LogP contribution in [0.4, 0.5) is 4.79 Å². The lowest BCUT2D eigenvalue weighted by atomic mass is 9.81. The van der Waals surface area contributed by atoms with Gasteiger partial charge in [0, 0.05) is 31.1 Å². The second-order valence-electron chi connectivity index (χ2n) is 7.29. The predicted molar refractivity (Wildman–Crippen MR) is 102 cm³/mol. The van der Waals surface area contributed by atoms with E-state index in [1.54, 1.807) is 18.2 Å². The molecule has 3 N–H and O–H groups in total. The molecule has 2 aromatic carbocycles. The van der Waals surface area contributed by atoms with Crippen LogP contribution in [0.3, 0.4) is 0 Å². The van der Waals surface area contributed by atoms with Crippen LogP contribution in [0.15, 0.2) is 42.5 Å². The van der Waals surface area contributed by atoms with Gasteiger partial charge in [-0.05, 0) is 47.7 Å². The molecule has 0 radical (unpaired) electrons. The van der Waals surface area contributed by atoms with Gasteiger partial charge < -0.3 is 25.2 Å². The summed E-state index contributed by atoms with van der Waals surface area (Å²) in [7, 11) is 0. The van der Waals surface area contributed by atoms with Gasteiger partial charge in [-0.15, -0.1) is 0 Å². The zero-order valence-electron chi connectivity index (χ0n) is 15.3. The lowest BCUT2D eigenvalue weighted by Gasteiger charge is -2.37. The molecule has 1 fully saturated rings. The molecule has 146 valence electrons. The topological polar surface area (TPSA) is 99.1 Å². The van der Waals surface area contributed by atoms with E-state index in [2.05, 4.69) is 5.32 Å². The van der Waals surface area contributed by atoms with E-state index in [-0.39, 0.29) is 23.5 Å². The first-order chi connectivity index (χ1) is 13.5. The molecule has 2 aromatic rings. The number of phenolic OH excluding ortho intramolecular Hbond substituents is 1. The number of hydrogen-bond donors (Lipinski definition) is 3. The van der Waals surface area contributed by atoms with Gasteiger partial charge in [0.1, 0.15) is 11.5 Å². The maximum absolute atomic E-state index is 11.8. The van der Waals surface area contributed by atoms with Crippen molar-refractivity contribution in [3.05, 3.63) is 59.2 Å².